The molecular formula is C19H25N5O5. The number of morpholine rings is 1. The van der Waals surface area contributed by atoms with E-state index in [1.807, 2.05) is 11.0 Å². The van der Waals surface area contributed by atoms with Crippen molar-refractivity contribution in [3.05, 3.63) is 35.5 Å². The van der Waals surface area contributed by atoms with E-state index in [2.05, 4.69) is 15.2 Å². The van der Waals surface area contributed by atoms with E-state index in [4.69, 9.17) is 14.3 Å². The average molecular weight is 403 g/mol. The predicted molar refractivity (Wildman–Crippen MR) is 100 cm³/mol. The molecule has 0 aliphatic carbocycles. The summed E-state index contributed by atoms with van der Waals surface area (Å²) in [5.74, 6) is -0.135. The standard InChI is InChI=1S/C19H25N5O5/c25-18(15-8-16(29-13-15)11-22-4-6-28-7-5-22)23-3-1-2-14(9-23)10-24-12-17(19(26)27)20-21-24/h8,12-14H,1-7,9-11H2,(H,26,27). The topological polar surface area (TPSA) is 114 Å². The van der Waals surface area contributed by atoms with Gasteiger partial charge >= 0.3 is 5.97 Å². The Morgan fingerprint density at radius 2 is 2.07 bits per heavy atom. The third-order valence-electron chi connectivity index (χ3n) is 5.39. The largest absolute Gasteiger partial charge is 0.476 e. The molecule has 2 aliphatic heterocycles. The quantitative estimate of drug-likeness (QED) is 0.758. The molecule has 2 aliphatic rings. The lowest BCUT2D eigenvalue weighted by Crippen LogP contribution is -2.41. The van der Waals surface area contributed by atoms with Crippen LogP contribution >= 0.6 is 0 Å². The molecular weight excluding hydrogens is 378 g/mol. The van der Waals surface area contributed by atoms with Crippen molar-refractivity contribution in [3.8, 4) is 0 Å². The number of rotatable bonds is 6. The normalized spacial score (nSPS) is 20.7. The summed E-state index contributed by atoms with van der Waals surface area (Å²) in [5.41, 5.74) is 0.503. The Morgan fingerprint density at radius 1 is 1.24 bits per heavy atom. The molecule has 0 bridgehead atoms. The summed E-state index contributed by atoms with van der Waals surface area (Å²) in [4.78, 5) is 27.9. The zero-order valence-electron chi connectivity index (χ0n) is 16.2. The van der Waals surface area contributed by atoms with Gasteiger partial charge in [-0.15, -0.1) is 5.10 Å². The van der Waals surface area contributed by atoms with Crippen molar-refractivity contribution in [1.82, 2.24) is 24.8 Å². The van der Waals surface area contributed by atoms with Gasteiger partial charge in [-0.25, -0.2) is 4.79 Å². The van der Waals surface area contributed by atoms with Gasteiger partial charge < -0.3 is 19.2 Å². The monoisotopic (exact) mass is 403 g/mol. The van der Waals surface area contributed by atoms with Crippen molar-refractivity contribution in [3.63, 3.8) is 0 Å². The Kier molecular flexibility index (Phi) is 5.91. The fourth-order valence-corrected chi connectivity index (χ4v) is 3.89. The number of amides is 1. The molecule has 156 valence electrons. The third kappa shape index (κ3) is 4.83. The number of hydrogen-bond acceptors (Lipinski definition) is 7. The SMILES string of the molecule is O=C(O)c1cn(CC2CCCN(C(=O)c3coc(CN4CCOCC4)c3)C2)nn1. The lowest BCUT2D eigenvalue weighted by molar-refractivity contribution is 0.0313. The van der Waals surface area contributed by atoms with Gasteiger partial charge in [0.25, 0.3) is 5.91 Å². The van der Waals surface area contributed by atoms with Gasteiger partial charge in [0.15, 0.2) is 5.69 Å². The zero-order chi connectivity index (χ0) is 20.2. The number of carboxylic acids is 1. The molecule has 1 N–H and O–H groups in total. The highest BCUT2D eigenvalue weighted by molar-refractivity contribution is 5.94. The lowest BCUT2D eigenvalue weighted by Gasteiger charge is -2.32. The Labute approximate surface area is 168 Å². The van der Waals surface area contributed by atoms with E-state index in [9.17, 15) is 9.59 Å². The number of carbonyl (C=O) groups excluding carboxylic acids is 1. The number of hydrogen-bond donors (Lipinski definition) is 1. The smallest absolute Gasteiger partial charge is 0.358 e. The molecule has 2 aromatic heterocycles. The van der Waals surface area contributed by atoms with Gasteiger partial charge in [-0.05, 0) is 24.8 Å². The minimum Gasteiger partial charge on any atom is -0.476 e. The van der Waals surface area contributed by atoms with Gasteiger partial charge in [0, 0.05) is 32.7 Å². The van der Waals surface area contributed by atoms with E-state index in [1.165, 1.54) is 12.5 Å². The fraction of sp³-hybridized carbons (Fsp3) is 0.579. The first-order valence-electron chi connectivity index (χ1n) is 9.88. The molecule has 0 spiro atoms. The first-order chi connectivity index (χ1) is 14.1. The molecule has 2 saturated heterocycles. The second kappa shape index (κ2) is 8.75. The Morgan fingerprint density at radius 3 is 2.83 bits per heavy atom. The van der Waals surface area contributed by atoms with Crippen molar-refractivity contribution >= 4 is 11.9 Å². The average Bonchev–Trinajstić information content (AvgIpc) is 3.38. The number of carbonyl (C=O) groups is 2. The van der Waals surface area contributed by atoms with E-state index in [-0.39, 0.29) is 17.5 Å². The number of furan rings is 1. The summed E-state index contributed by atoms with van der Waals surface area (Å²) in [5, 5.41) is 16.5. The number of carboxylic acid groups (broad SMARTS) is 1. The minimum absolute atomic E-state index is 0.0310. The van der Waals surface area contributed by atoms with Crippen LogP contribution in [0.25, 0.3) is 0 Å². The van der Waals surface area contributed by atoms with Crippen molar-refractivity contribution in [2.24, 2.45) is 5.92 Å². The molecule has 4 rings (SSSR count). The summed E-state index contributed by atoms with van der Waals surface area (Å²) >= 11 is 0. The van der Waals surface area contributed by atoms with Crippen LogP contribution in [0, 0.1) is 5.92 Å². The molecule has 0 radical (unpaired) electrons. The number of nitrogens with zero attached hydrogens (tertiary/aromatic N) is 5. The lowest BCUT2D eigenvalue weighted by atomic mass is 9.97. The second-order valence-electron chi connectivity index (χ2n) is 7.58. The van der Waals surface area contributed by atoms with Gasteiger partial charge in [-0.2, -0.15) is 0 Å². The summed E-state index contributed by atoms with van der Waals surface area (Å²) in [6.07, 6.45) is 4.82. The number of ether oxygens (including phenoxy) is 1. The summed E-state index contributed by atoms with van der Waals surface area (Å²) in [7, 11) is 0. The Balaban J connectivity index is 1.34. The van der Waals surface area contributed by atoms with Crippen molar-refractivity contribution < 1.29 is 23.8 Å². The molecule has 10 nitrogen and oxygen atoms in total. The van der Waals surface area contributed by atoms with Gasteiger partial charge in [0.05, 0.1) is 31.5 Å². The number of piperidine rings is 1. The second-order valence-corrected chi connectivity index (χ2v) is 7.58. The van der Waals surface area contributed by atoms with Crippen LogP contribution in [0.2, 0.25) is 0 Å². The van der Waals surface area contributed by atoms with Gasteiger partial charge in [-0.1, -0.05) is 5.21 Å². The molecule has 0 saturated carbocycles. The summed E-state index contributed by atoms with van der Waals surface area (Å²) < 4.78 is 12.5. The van der Waals surface area contributed by atoms with Crippen LogP contribution in [0.3, 0.4) is 0 Å². The van der Waals surface area contributed by atoms with E-state index in [0.29, 0.717) is 31.7 Å². The Hall–Kier alpha value is -2.72. The van der Waals surface area contributed by atoms with Crippen molar-refractivity contribution in [1.29, 1.82) is 0 Å². The van der Waals surface area contributed by atoms with E-state index < -0.39 is 5.97 Å². The first kappa shape index (κ1) is 19.6. The van der Waals surface area contributed by atoms with Crippen LogP contribution in [0.1, 0.15) is 39.4 Å². The molecule has 29 heavy (non-hydrogen) atoms. The van der Waals surface area contributed by atoms with Gasteiger partial charge in [0.1, 0.15) is 12.0 Å². The number of likely N-dealkylation sites (tertiary alicyclic amines) is 1. The maximum Gasteiger partial charge on any atom is 0.358 e. The highest BCUT2D eigenvalue weighted by Crippen LogP contribution is 2.21. The van der Waals surface area contributed by atoms with E-state index >= 15 is 0 Å². The van der Waals surface area contributed by atoms with E-state index in [0.717, 1.165) is 44.9 Å². The number of aromatic carboxylic acids is 1. The number of aromatic nitrogens is 3. The first-order valence-corrected chi connectivity index (χ1v) is 9.88. The molecule has 4 heterocycles. The molecule has 10 heteroatoms. The minimum atomic E-state index is -1.09. The molecule has 2 fully saturated rings. The predicted octanol–water partition coefficient (Wildman–Crippen LogP) is 0.954. The van der Waals surface area contributed by atoms with Crippen LogP contribution in [0.5, 0.6) is 0 Å². The molecule has 1 amide bonds. The maximum atomic E-state index is 12.9. The van der Waals surface area contributed by atoms with Crippen LogP contribution < -0.4 is 0 Å². The van der Waals surface area contributed by atoms with Crippen LogP contribution in [-0.4, -0.2) is 81.2 Å². The van der Waals surface area contributed by atoms with Crippen LogP contribution in [0.15, 0.2) is 22.9 Å². The Bertz CT molecular complexity index is 857. The van der Waals surface area contributed by atoms with Crippen LogP contribution in [-0.2, 0) is 17.8 Å². The van der Waals surface area contributed by atoms with Crippen molar-refractivity contribution in [2.45, 2.75) is 25.9 Å². The zero-order valence-corrected chi connectivity index (χ0v) is 16.2. The van der Waals surface area contributed by atoms with Gasteiger partial charge in [0.2, 0.25) is 0 Å². The molecule has 1 atom stereocenters. The van der Waals surface area contributed by atoms with Crippen LogP contribution in [0.4, 0.5) is 0 Å². The van der Waals surface area contributed by atoms with E-state index in [1.54, 1.807) is 4.68 Å². The maximum absolute atomic E-state index is 12.9. The fourth-order valence-electron chi connectivity index (χ4n) is 3.89. The molecule has 0 aromatic carbocycles. The third-order valence-corrected chi connectivity index (χ3v) is 5.39. The van der Waals surface area contributed by atoms with Crippen molar-refractivity contribution in [2.75, 3.05) is 39.4 Å². The highest BCUT2D eigenvalue weighted by atomic mass is 16.5. The molecule has 2 aromatic rings. The molecule has 1 unspecified atom stereocenters. The summed E-state index contributed by atoms with van der Waals surface area (Å²) in [6.45, 7) is 5.70. The highest BCUT2D eigenvalue weighted by Gasteiger charge is 2.26. The summed E-state index contributed by atoms with van der Waals surface area (Å²) in [6, 6.07) is 1.83. The van der Waals surface area contributed by atoms with Gasteiger partial charge in [-0.3, -0.25) is 14.4 Å².